The third kappa shape index (κ3) is 3.36. The zero-order valence-electron chi connectivity index (χ0n) is 10.1. The number of benzene rings is 1. The van der Waals surface area contributed by atoms with Gasteiger partial charge in [-0.15, -0.1) is 0 Å². The fourth-order valence-corrected chi connectivity index (χ4v) is 3.00. The minimum atomic E-state index is -3.80. The predicted molar refractivity (Wildman–Crippen MR) is 62.2 cm³/mol. The second kappa shape index (κ2) is 6.38. The maximum absolute atomic E-state index is 13.0. The molecular formula is C11H15F2O4P. The van der Waals surface area contributed by atoms with Crippen LogP contribution in [0.2, 0.25) is 0 Å². The summed E-state index contributed by atoms with van der Waals surface area (Å²) in [4.78, 5) is 0. The maximum Gasteiger partial charge on any atom is 0.363 e. The van der Waals surface area contributed by atoms with E-state index < -0.39 is 25.1 Å². The van der Waals surface area contributed by atoms with Crippen LogP contribution in [0.1, 0.15) is 25.3 Å². The van der Waals surface area contributed by atoms with Crippen LogP contribution in [0.4, 0.5) is 8.78 Å². The van der Waals surface area contributed by atoms with E-state index in [4.69, 9.17) is 9.05 Å². The lowest BCUT2D eigenvalue weighted by Crippen LogP contribution is -2.06. The molecule has 0 amide bonds. The van der Waals surface area contributed by atoms with Crippen LogP contribution >= 0.6 is 7.60 Å². The smallest absolute Gasteiger partial charge is 0.363 e. The number of hydrogen-bond acceptors (Lipinski definition) is 4. The predicted octanol–water partition coefficient (Wildman–Crippen LogP) is 3.22. The SMILES string of the molecule is CCOP(=O)(OCC)C(O)c1ccc(F)c(F)c1. The molecule has 0 radical (unpaired) electrons. The van der Waals surface area contributed by atoms with Crippen molar-refractivity contribution in [2.75, 3.05) is 13.2 Å². The van der Waals surface area contributed by atoms with Crippen LogP contribution in [-0.4, -0.2) is 18.3 Å². The Balaban J connectivity index is 3.05. The number of aliphatic hydroxyl groups excluding tert-OH is 1. The Hall–Kier alpha value is -0.810. The highest BCUT2D eigenvalue weighted by Crippen LogP contribution is 2.59. The van der Waals surface area contributed by atoms with Gasteiger partial charge in [0.1, 0.15) is 0 Å². The van der Waals surface area contributed by atoms with Gasteiger partial charge < -0.3 is 14.2 Å². The summed E-state index contributed by atoms with van der Waals surface area (Å²) in [6.45, 7) is 3.31. The number of rotatable bonds is 6. The van der Waals surface area contributed by atoms with Crippen LogP contribution in [0.3, 0.4) is 0 Å². The fraction of sp³-hybridized carbons (Fsp3) is 0.455. The molecule has 0 aliphatic rings. The van der Waals surface area contributed by atoms with E-state index in [1.807, 2.05) is 0 Å². The lowest BCUT2D eigenvalue weighted by molar-refractivity contribution is 0.150. The van der Waals surface area contributed by atoms with E-state index in [1.165, 1.54) is 0 Å². The monoisotopic (exact) mass is 280 g/mol. The summed E-state index contributed by atoms with van der Waals surface area (Å²) in [6.07, 6.45) is 0. The molecule has 18 heavy (non-hydrogen) atoms. The van der Waals surface area contributed by atoms with Crippen molar-refractivity contribution in [1.29, 1.82) is 0 Å². The standard InChI is InChI=1S/C11H15F2O4P/c1-3-16-18(15,17-4-2)11(14)8-5-6-9(12)10(13)7-8/h5-7,11,14H,3-4H2,1-2H3. The van der Waals surface area contributed by atoms with Gasteiger partial charge in [-0.05, 0) is 31.5 Å². The molecule has 1 atom stereocenters. The average molecular weight is 280 g/mol. The molecule has 1 aromatic rings. The first kappa shape index (κ1) is 15.2. The van der Waals surface area contributed by atoms with Gasteiger partial charge in [0.05, 0.1) is 13.2 Å². The van der Waals surface area contributed by atoms with E-state index in [1.54, 1.807) is 13.8 Å². The highest BCUT2D eigenvalue weighted by Gasteiger charge is 2.35. The van der Waals surface area contributed by atoms with Gasteiger partial charge in [-0.25, -0.2) is 8.78 Å². The van der Waals surface area contributed by atoms with E-state index in [9.17, 15) is 18.5 Å². The van der Waals surface area contributed by atoms with Gasteiger partial charge in [-0.1, -0.05) is 6.07 Å². The molecule has 0 heterocycles. The van der Waals surface area contributed by atoms with Gasteiger partial charge in [0, 0.05) is 0 Å². The van der Waals surface area contributed by atoms with E-state index in [2.05, 4.69) is 0 Å². The minimum absolute atomic E-state index is 0.0564. The van der Waals surface area contributed by atoms with Crippen molar-refractivity contribution in [2.45, 2.75) is 19.7 Å². The quantitative estimate of drug-likeness (QED) is 0.813. The Labute approximate surface area is 104 Å². The lowest BCUT2D eigenvalue weighted by Gasteiger charge is -2.22. The van der Waals surface area contributed by atoms with E-state index >= 15 is 0 Å². The van der Waals surface area contributed by atoms with Crippen molar-refractivity contribution in [3.8, 4) is 0 Å². The van der Waals surface area contributed by atoms with Crippen LogP contribution in [0.15, 0.2) is 18.2 Å². The largest absolute Gasteiger partial charge is 0.376 e. The summed E-state index contributed by atoms with van der Waals surface area (Å²) >= 11 is 0. The summed E-state index contributed by atoms with van der Waals surface area (Å²) < 4.78 is 47.9. The first-order chi connectivity index (χ1) is 8.44. The second-order valence-electron chi connectivity index (χ2n) is 3.42. The van der Waals surface area contributed by atoms with Crippen molar-refractivity contribution >= 4 is 7.60 Å². The molecule has 0 fully saturated rings. The molecule has 1 N–H and O–H groups in total. The molecule has 0 saturated carbocycles. The van der Waals surface area contributed by atoms with Gasteiger partial charge in [0.25, 0.3) is 0 Å². The molecule has 1 unspecified atom stereocenters. The zero-order valence-corrected chi connectivity index (χ0v) is 11.0. The van der Waals surface area contributed by atoms with Gasteiger partial charge in [-0.3, -0.25) is 4.57 Å². The van der Waals surface area contributed by atoms with Crippen molar-refractivity contribution < 1.29 is 27.5 Å². The second-order valence-corrected chi connectivity index (χ2v) is 5.51. The van der Waals surface area contributed by atoms with Crippen molar-refractivity contribution in [3.63, 3.8) is 0 Å². The Morgan fingerprint density at radius 3 is 2.22 bits per heavy atom. The number of hydrogen-bond donors (Lipinski definition) is 1. The summed E-state index contributed by atoms with van der Waals surface area (Å²) in [7, 11) is -3.80. The van der Waals surface area contributed by atoms with E-state index in [-0.39, 0.29) is 18.8 Å². The molecule has 0 bridgehead atoms. The molecule has 0 saturated heterocycles. The number of halogens is 2. The van der Waals surface area contributed by atoms with Crippen molar-refractivity contribution in [3.05, 3.63) is 35.4 Å². The van der Waals surface area contributed by atoms with Gasteiger partial charge >= 0.3 is 7.60 Å². The molecule has 4 nitrogen and oxygen atoms in total. The molecule has 0 aliphatic carbocycles. The summed E-state index contributed by atoms with van der Waals surface area (Å²) in [6, 6.07) is 2.74. The fourth-order valence-electron chi connectivity index (χ4n) is 1.39. The lowest BCUT2D eigenvalue weighted by atomic mass is 10.2. The van der Waals surface area contributed by atoms with Crippen LogP contribution < -0.4 is 0 Å². The van der Waals surface area contributed by atoms with Gasteiger partial charge in [-0.2, -0.15) is 0 Å². The molecule has 0 aliphatic heterocycles. The van der Waals surface area contributed by atoms with Crippen molar-refractivity contribution in [2.24, 2.45) is 0 Å². The average Bonchev–Trinajstić information content (AvgIpc) is 2.32. The first-order valence-corrected chi connectivity index (χ1v) is 7.07. The van der Waals surface area contributed by atoms with E-state index in [0.717, 1.165) is 18.2 Å². The highest BCUT2D eigenvalue weighted by molar-refractivity contribution is 7.54. The molecule has 7 heteroatoms. The summed E-state index contributed by atoms with van der Waals surface area (Å²) in [5.41, 5.74) is -0.0564. The Kier molecular flexibility index (Phi) is 5.41. The highest BCUT2D eigenvalue weighted by atomic mass is 31.2. The topological polar surface area (TPSA) is 55.8 Å². The Morgan fingerprint density at radius 2 is 1.78 bits per heavy atom. The molecule has 1 rings (SSSR count). The number of aliphatic hydroxyl groups is 1. The van der Waals surface area contributed by atoms with Crippen LogP contribution in [-0.2, 0) is 13.6 Å². The maximum atomic E-state index is 13.0. The minimum Gasteiger partial charge on any atom is -0.376 e. The van der Waals surface area contributed by atoms with Crippen LogP contribution in [0, 0.1) is 11.6 Å². The summed E-state index contributed by atoms with van der Waals surface area (Å²) in [5.74, 6) is -3.83. The molecular weight excluding hydrogens is 265 g/mol. The normalized spacial score (nSPS) is 13.6. The third-order valence-corrected chi connectivity index (χ3v) is 4.29. The molecule has 0 aromatic heterocycles. The van der Waals surface area contributed by atoms with Gasteiger partial charge in [0.2, 0.25) is 0 Å². The Bertz CT molecular complexity index is 443. The zero-order chi connectivity index (χ0) is 13.8. The van der Waals surface area contributed by atoms with Gasteiger partial charge in [0.15, 0.2) is 17.5 Å². The van der Waals surface area contributed by atoms with Crippen molar-refractivity contribution in [1.82, 2.24) is 0 Å². The van der Waals surface area contributed by atoms with Crippen LogP contribution in [0.25, 0.3) is 0 Å². The van der Waals surface area contributed by atoms with Crippen LogP contribution in [0.5, 0.6) is 0 Å². The first-order valence-electron chi connectivity index (χ1n) is 5.46. The van der Waals surface area contributed by atoms with E-state index in [0.29, 0.717) is 0 Å². The molecule has 102 valence electrons. The molecule has 1 aromatic carbocycles. The summed E-state index contributed by atoms with van der Waals surface area (Å²) in [5, 5.41) is 9.91. The molecule has 0 spiro atoms. The Morgan fingerprint density at radius 1 is 1.22 bits per heavy atom. The third-order valence-electron chi connectivity index (χ3n) is 2.16.